The Morgan fingerprint density at radius 3 is 2.54 bits per heavy atom. The fourth-order valence-corrected chi connectivity index (χ4v) is 2.97. The quantitative estimate of drug-likeness (QED) is 0.793. The van der Waals surface area contributed by atoms with Gasteiger partial charge in [0.25, 0.3) is 11.8 Å². The highest BCUT2D eigenvalue weighted by Gasteiger charge is 2.27. The number of hydrazine groups is 1. The summed E-state index contributed by atoms with van der Waals surface area (Å²) in [6.45, 7) is 2.90. The van der Waals surface area contributed by atoms with Gasteiger partial charge in [-0.1, -0.05) is 12.1 Å². The Bertz CT molecular complexity index is 926. The van der Waals surface area contributed by atoms with Gasteiger partial charge in [-0.15, -0.1) is 0 Å². The van der Waals surface area contributed by atoms with Crippen molar-refractivity contribution in [2.75, 3.05) is 18.2 Å². The fraction of sp³-hybridized carbons (Fsp3) is 0.250. The summed E-state index contributed by atoms with van der Waals surface area (Å²) in [4.78, 5) is 24.5. The maximum atomic E-state index is 12.3. The number of anilines is 1. The molecule has 0 aliphatic carbocycles. The summed E-state index contributed by atoms with van der Waals surface area (Å²) in [5.41, 5.74) is 7.21. The number of nitrogens with zero attached hydrogens (tertiary/aromatic N) is 2. The molecule has 2 aliphatic heterocycles. The van der Waals surface area contributed by atoms with Crippen LogP contribution in [0.4, 0.5) is 5.69 Å². The third-order valence-corrected chi connectivity index (χ3v) is 4.50. The van der Waals surface area contributed by atoms with Crippen molar-refractivity contribution in [1.29, 1.82) is 0 Å². The van der Waals surface area contributed by atoms with Crippen molar-refractivity contribution in [3.63, 3.8) is 0 Å². The van der Waals surface area contributed by atoms with Gasteiger partial charge in [-0.3, -0.25) is 25.4 Å². The number of benzene rings is 2. The second-order valence-corrected chi connectivity index (χ2v) is 6.56. The van der Waals surface area contributed by atoms with Crippen LogP contribution >= 0.6 is 0 Å². The third kappa shape index (κ3) is 3.75. The normalized spacial score (nSPS) is 17.7. The van der Waals surface area contributed by atoms with Crippen LogP contribution in [0.15, 0.2) is 53.6 Å². The van der Waals surface area contributed by atoms with Crippen molar-refractivity contribution in [2.45, 2.75) is 19.4 Å². The van der Waals surface area contributed by atoms with E-state index in [9.17, 15) is 9.59 Å². The molecule has 2 aromatic rings. The number of hydrogen-bond acceptors (Lipinski definition) is 6. The van der Waals surface area contributed by atoms with E-state index in [-0.39, 0.29) is 6.61 Å². The molecule has 0 fully saturated rings. The van der Waals surface area contributed by atoms with E-state index in [1.807, 2.05) is 30.1 Å². The number of amides is 2. The highest BCUT2D eigenvalue weighted by atomic mass is 16.6. The highest BCUT2D eigenvalue weighted by molar-refractivity contribution is 5.96. The molecule has 1 atom stereocenters. The first-order valence-corrected chi connectivity index (χ1v) is 9.00. The van der Waals surface area contributed by atoms with Gasteiger partial charge in [0.05, 0.1) is 5.69 Å². The predicted octanol–water partition coefficient (Wildman–Crippen LogP) is 1.87. The summed E-state index contributed by atoms with van der Waals surface area (Å²) in [7, 11) is 0. The lowest BCUT2D eigenvalue weighted by molar-refractivity contribution is -0.131. The van der Waals surface area contributed by atoms with Crippen LogP contribution in [0, 0.1) is 0 Å². The van der Waals surface area contributed by atoms with Gasteiger partial charge < -0.3 is 9.47 Å². The van der Waals surface area contributed by atoms with Crippen molar-refractivity contribution in [1.82, 2.24) is 10.9 Å². The van der Waals surface area contributed by atoms with Crippen LogP contribution in [-0.4, -0.2) is 36.8 Å². The van der Waals surface area contributed by atoms with E-state index in [1.165, 1.54) is 0 Å². The number of hydrazone groups is 1. The lowest BCUT2D eigenvalue weighted by Crippen LogP contribution is -2.50. The highest BCUT2D eigenvalue weighted by Crippen LogP contribution is 2.30. The maximum Gasteiger partial charge on any atom is 0.283 e. The second kappa shape index (κ2) is 7.59. The van der Waals surface area contributed by atoms with E-state index in [1.54, 1.807) is 30.3 Å². The summed E-state index contributed by atoms with van der Waals surface area (Å²) in [5, 5.41) is 6.33. The number of carbonyl (C=O) groups is 2. The SMILES string of the molecule is CC1=NN(c2ccc(C(=O)NNC(=O)C3COc4ccccc4O3)cc2)CC1. The molecule has 0 spiro atoms. The van der Waals surface area contributed by atoms with Gasteiger partial charge in [0.15, 0.2) is 11.5 Å². The molecule has 2 N–H and O–H groups in total. The zero-order valence-electron chi connectivity index (χ0n) is 15.3. The number of rotatable bonds is 3. The zero-order valence-corrected chi connectivity index (χ0v) is 15.3. The minimum atomic E-state index is -0.839. The summed E-state index contributed by atoms with van der Waals surface area (Å²) in [5.74, 6) is 0.184. The van der Waals surface area contributed by atoms with Crippen LogP contribution in [0.25, 0.3) is 0 Å². The van der Waals surface area contributed by atoms with Gasteiger partial charge in [0, 0.05) is 24.2 Å². The van der Waals surface area contributed by atoms with Crippen molar-refractivity contribution >= 4 is 23.2 Å². The number of hydrogen-bond donors (Lipinski definition) is 2. The molecule has 2 aliphatic rings. The van der Waals surface area contributed by atoms with E-state index in [4.69, 9.17) is 9.47 Å². The monoisotopic (exact) mass is 380 g/mol. The molecule has 2 amide bonds. The van der Waals surface area contributed by atoms with E-state index in [0.717, 1.165) is 24.4 Å². The number of nitrogens with one attached hydrogen (secondary N) is 2. The molecule has 8 nitrogen and oxygen atoms in total. The third-order valence-electron chi connectivity index (χ3n) is 4.50. The minimum absolute atomic E-state index is 0.0726. The van der Waals surface area contributed by atoms with Gasteiger partial charge >= 0.3 is 0 Å². The minimum Gasteiger partial charge on any atom is -0.485 e. The van der Waals surface area contributed by atoms with Crippen molar-refractivity contribution < 1.29 is 19.1 Å². The zero-order chi connectivity index (χ0) is 19.5. The molecule has 0 saturated heterocycles. The van der Waals surface area contributed by atoms with Gasteiger partial charge in [-0.05, 0) is 43.3 Å². The lowest BCUT2D eigenvalue weighted by Gasteiger charge is -2.25. The molecule has 0 aromatic heterocycles. The van der Waals surface area contributed by atoms with Gasteiger partial charge in [0.2, 0.25) is 6.10 Å². The van der Waals surface area contributed by atoms with Crippen LogP contribution in [-0.2, 0) is 4.79 Å². The van der Waals surface area contributed by atoms with Crippen LogP contribution in [0.2, 0.25) is 0 Å². The average Bonchev–Trinajstić information content (AvgIpc) is 3.17. The van der Waals surface area contributed by atoms with Crippen molar-refractivity contribution in [3.05, 3.63) is 54.1 Å². The Kier molecular flexibility index (Phi) is 4.84. The van der Waals surface area contributed by atoms with Crippen LogP contribution in [0.5, 0.6) is 11.5 Å². The first-order chi connectivity index (χ1) is 13.6. The molecular weight excluding hydrogens is 360 g/mol. The van der Waals surface area contributed by atoms with Gasteiger partial charge in [-0.25, -0.2) is 0 Å². The molecule has 2 heterocycles. The Morgan fingerprint density at radius 2 is 1.82 bits per heavy atom. The van der Waals surface area contributed by atoms with Crippen molar-refractivity contribution in [2.24, 2.45) is 5.10 Å². The second-order valence-electron chi connectivity index (χ2n) is 6.56. The summed E-state index contributed by atoms with van der Waals surface area (Å²) in [6.07, 6.45) is 0.0972. The van der Waals surface area contributed by atoms with Gasteiger partial charge in [0.1, 0.15) is 6.61 Å². The van der Waals surface area contributed by atoms with Crippen molar-refractivity contribution in [3.8, 4) is 11.5 Å². The number of para-hydroxylation sites is 2. The summed E-state index contributed by atoms with van der Waals surface area (Å²) in [6, 6.07) is 14.1. The Hall–Kier alpha value is -3.55. The summed E-state index contributed by atoms with van der Waals surface area (Å²) < 4.78 is 11.1. The maximum absolute atomic E-state index is 12.3. The lowest BCUT2D eigenvalue weighted by atomic mass is 10.2. The van der Waals surface area contributed by atoms with E-state index in [0.29, 0.717) is 17.1 Å². The first kappa shape index (κ1) is 17.8. The molecule has 144 valence electrons. The molecule has 1 unspecified atom stereocenters. The standard InChI is InChI=1S/C20H20N4O4/c1-13-10-11-24(23-13)15-8-6-14(7-9-15)19(25)21-22-20(26)18-12-27-16-4-2-3-5-17(16)28-18/h2-9,18H,10-12H2,1H3,(H,21,25)(H,22,26). The summed E-state index contributed by atoms with van der Waals surface area (Å²) >= 11 is 0. The van der Waals surface area contributed by atoms with E-state index in [2.05, 4.69) is 16.0 Å². The molecule has 28 heavy (non-hydrogen) atoms. The van der Waals surface area contributed by atoms with Gasteiger partial charge in [-0.2, -0.15) is 5.10 Å². The molecular formula is C20H20N4O4. The van der Waals surface area contributed by atoms with Crippen LogP contribution < -0.4 is 25.3 Å². The molecule has 0 saturated carbocycles. The Balaban J connectivity index is 1.31. The van der Waals surface area contributed by atoms with E-state index >= 15 is 0 Å². The number of ether oxygens (including phenoxy) is 2. The molecule has 2 aromatic carbocycles. The average molecular weight is 380 g/mol. The smallest absolute Gasteiger partial charge is 0.283 e. The Morgan fingerprint density at radius 1 is 1.07 bits per heavy atom. The number of fused-ring (bicyclic) bond motifs is 1. The first-order valence-electron chi connectivity index (χ1n) is 9.00. The topological polar surface area (TPSA) is 92.3 Å². The van der Waals surface area contributed by atoms with Crippen LogP contribution in [0.3, 0.4) is 0 Å². The fourth-order valence-electron chi connectivity index (χ4n) is 2.97. The molecule has 0 bridgehead atoms. The van der Waals surface area contributed by atoms with Crippen LogP contribution in [0.1, 0.15) is 23.7 Å². The van der Waals surface area contributed by atoms with E-state index < -0.39 is 17.9 Å². The predicted molar refractivity (Wildman–Crippen MR) is 103 cm³/mol. The number of carbonyl (C=O) groups excluding carboxylic acids is 2. The molecule has 8 heteroatoms. The molecule has 0 radical (unpaired) electrons. The largest absolute Gasteiger partial charge is 0.485 e. The molecule has 4 rings (SSSR count). The Labute approximate surface area is 162 Å².